The zero-order valence-electron chi connectivity index (χ0n) is 19.2. The van der Waals surface area contributed by atoms with E-state index in [4.69, 9.17) is 14.2 Å². The molecule has 2 amide bonds. The van der Waals surface area contributed by atoms with Crippen LogP contribution < -0.4 is 19.5 Å². The summed E-state index contributed by atoms with van der Waals surface area (Å²) in [5, 5.41) is 6.81. The minimum absolute atomic E-state index is 0.0113. The van der Waals surface area contributed by atoms with Gasteiger partial charge in [0.2, 0.25) is 5.88 Å². The molecule has 0 saturated heterocycles. The molecule has 3 aromatic rings. The Bertz CT molecular complexity index is 1240. The first kappa shape index (κ1) is 23.0. The SMILES string of the molecule is CC(C)Oc1cc(Oc2nc3c(cc2F)C(=O)N(C)CCO3)cc(C(=O)Nc2ccn(C)n2)c1. The molecule has 1 aromatic carbocycles. The van der Waals surface area contributed by atoms with Gasteiger partial charge in [0, 0.05) is 38.0 Å². The maximum absolute atomic E-state index is 14.8. The monoisotopic (exact) mass is 469 g/mol. The molecule has 0 aliphatic carbocycles. The van der Waals surface area contributed by atoms with Gasteiger partial charge in [0.15, 0.2) is 11.6 Å². The largest absolute Gasteiger partial charge is 0.491 e. The van der Waals surface area contributed by atoms with E-state index >= 15 is 0 Å². The molecule has 1 aliphatic heterocycles. The first-order valence-corrected chi connectivity index (χ1v) is 10.6. The second-order valence-electron chi connectivity index (χ2n) is 7.99. The zero-order valence-corrected chi connectivity index (χ0v) is 19.2. The van der Waals surface area contributed by atoms with Crippen molar-refractivity contribution in [2.45, 2.75) is 20.0 Å². The van der Waals surface area contributed by atoms with E-state index in [1.54, 1.807) is 37.1 Å². The molecule has 0 radical (unpaired) electrons. The summed E-state index contributed by atoms with van der Waals surface area (Å²) < 4.78 is 33.3. The van der Waals surface area contributed by atoms with Crippen LogP contribution in [0.1, 0.15) is 34.6 Å². The molecule has 1 N–H and O–H groups in total. The first-order chi connectivity index (χ1) is 16.2. The standard InChI is InChI=1S/C23H24FN5O5/c1-13(2)33-15-9-14(20(30)25-19-5-6-29(4)27-19)10-16(11-15)34-22-18(24)12-17-21(26-22)32-8-7-28(3)23(17)31/h5-6,9-13H,7-8H2,1-4H3,(H,25,27,30). The Morgan fingerprint density at radius 1 is 1.21 bits per heavy atom. The van der Waals surface area contributed by atoms with Gasteiger partial charge in [0.05, 0.1) is 12.6 Å². The Kier molecular flexibility index (Phi) is 6.35. The average molecular weight is 469 g/mol. The van der Waals surface area contributed by atoms with Crippen LogP contribution >= 0.6 is 0 Å². The maximum atomic E-state index is 14.8. The van der Waals surface area contributed by atoms with Gasteiger partial charge in [0.1, 0.15) is 23.7 Å². The van der Waals surface area contributed by atoms with Crippen LogP contribution in [-0.2, 0) is 7.05 Å². The van der Waals surface area contributed by atoms with Gasteiger partial charge < -0.3 is 24.4 Å². The van der Waals surface area contributed by atoms with Gasteiger partial charge in [0.25, 0.3) is 17.7 Å². The van der Waals surface area contributed by atoms with E-state index in [1.807, 2.05) is 13.8 Å². The highest BCUT2D eigenvalue weighted by atomic mass is 19.1. The lowest BCUT2D eigenvalue weighted by molar-refractivity contribution is 0.0796. The highest BCUT2D eigenvalue weighted by Gasteiger charge is 2.25. The third-order valence-electron chi connectivity index (χ3n) is 4.84. The van der Waals surface area contributed by atoms with Gasteiger partial charge in [-0.1, -0.05) is 0 Å². The molecule has 2 aromatic heterocycles. The number of likely N-dealkylation sites (N-methyl/N-ethyl adjacent to an activating group) is 1. The molecule has 178 valence electrons. The molecule has 0 atom stereocenters. The summed E-state index contributed by atoms with van der Waals surface area (Å²) >= 11 is 0. The van der Waals surface area contributed by atoms with E-state index in [1.165, 1.54) is 17.0 Å². The van der Waals surface area contributed by atoms with Crippen molar-refractivity contribution in [2.75, 3.05) is 25.5 Å². The minimum Gasteiger partial charge on any atom is -0.491 e. The van der Waals surface area contributed by atoms with Crippen molar-refractivity contribution in [1.82, 2.24) is 19.7 Å². The van der Waals surface area contributed by atoms with Crippen molar-refractivity contribution in [1.29, 1.82) is 0 Å². The number of amides is 2. The molecule has 0 unspecified atom stereocenters. The first-order valence-electron chi connectivity index (χ1n) is 10.6. The molecular formula is C23H24FN5O5. The number of ether oxygens (including phenoxy) is 3. The number of anilines is 1. The average Bonchev–Trinajstić information content (AvgIpc) is 3.13. The van der Waals surface area contributed by atoms with Crippen molar-refractivity contribution in [3.05, 3.63) is 53.5 Å². The number of aryl methyl sites for hydroxylation is 1. The van der Waals surface area contributed by atoms with E-state index in [2.05, 4.69) is 15.4 Å². The number of halogens is 1. The molecule has 0 fully saturated rings. The number of carbonyl (C=O) groups excluding carboxylic acids is 2. The van der Waals surface area contributed by atoms with Gasteiger partial charge in [-0.3, -0.25) is 14.3 Å². The van der Waals surface area contributed by atoms with E-state index in [0.29, 0.717) is 18.1 Å². The van der Waals surface area contributed by atoms with Crippen molar-refractivity contribution >= 4 is 17.6 Å². The minimum atomic E-state index is -0.847. The fraction of sp³-hybridized carbons (Fsp3) is 0.304. The summed E-state index contributed by atoms with van der Waals surface area (Å²) in [4.78, 5) is 30.7. The Balaban J connectivity index is 1.66. The number of hydrogen-bond donors (Lipinski definition) is 1. The summed E-state index contributed by atoms with van der Waals surface area (Å²) in [6.07, 6.45) is 1.51. The Labute approximate surface area is 195 Å². The third-order valence-corrected chi connectivity index (χ3v) is 4.84. The van der Waals surface area contributed by atoms with Gasteiger partial charge in [-0.25, -0.2) is 4.39 Å². The number of nitrogens with one attached hydrogen (secondary N) is 1. The lowest BCUT2D eigenvalue weighted by Gasteiger charge is -2.15. The normalized spacial score (nSPS) is 13.2. The van der Waals surface area contributed by atoms with Gasteiger partial charge in [-0.15, -0.1) is 0 Å². The smallest absolute Gasteiger partial charge is 0.259 e. The number of pyridine rings is 1. The number of hydrogen-bond acceptors (Lipinski definition) is 7. The number of rotatable bonds is 6. The number of benzene rings is 1. The van der Waals surface area contributed by atoms with E-state index < -0.39 is 23.5 Å². The molecule has 0 saturated carbocycles. The molecule has 4 rings (SSSR count). The number of aromatic nitrogens is 3. The van der Waals surface area contributed by atoms with Crippen LogP contribution in [0.4, 0.5) is 10.2 Å². The Hall–Kier alpha value is -4.15. The number of carbonyl (C=O) groups is 2. The number of nitrogens with zero attached hydrogens (tertiary/aromatic N) is 4. The van der Waals surface area contributed by atoms with E-state index in [9.17, 15) is 14.0 Å². The maximum Gasteiger partial charge on any atom is 0.259 e. The Morgan fingerprint density at radius 2 is 1.97 bits per heavy atom. The van der Waals surface area contributed by atoms with Gasteiger partial charge >= 0.3 is 0 Å². The summed E-state index contributed by atoms with van der Waals surface area (Å²) in [6, 6.07) is 7.17. The highest BCUT2D eigenvalue weighted by molar-refractivity contribution is 6.04. The molecule has 11 heteroatoms. The van der Waals surface area contributed by atoms with Crippen molar-refractivity contribution in [2.24, 2.45) is 7.05 Å². The lowest BCUT2D eigenvalue weighted by Crippen LogP contribution is -2.27. The molecule has 0 spiro atoms. The number of fused-ring (bicyclic) bond motifs is 1. The van der Waals surface area contributed by atoms with Crippen LogP contribution in [0.5, 0.6) is 23.3 Å². The van der Waals surface area contributed by atoms with Crippen molar-refractivity contribution < 1.29 is 28.2 Å². The second-order valence-corrected chi connectivity index (χ2v) is 7.99. The van der Waals surface area contributed by atoms with Crippen molar-refractivity contribution in [3.8, 4) is 23.3 Å². The van der Waals surface area contributed by atoms with Crippen LogP contribution in [0.3, 0.4) is 0 Å². The summed E-state index contributed by atoms with van der Waals surface area (Å²) in [5.74, 6) is -1.27. The topological polar surface area (TPSA) is 108 Å². The summed E-state index contributed by atoms with van der Waals surface area (Å²) in [7, 11) is 3.33. The second kappa shape index (κ2) is 9.38. The van der Waals surface area contributed by atoms with Crippen LogP contribution in [0.15, 0.2) is 36.5 Å². The Morgan fingerprint density at radius 3 is 2.68 bits per heavy atom. The van der Waals surface area contributed by atoms with E-state index in [0.717, 1.165) is 6.07 Å². The molecular weight excluding hydrogens is 445 g/mol. The van der Waals surface area contributed by atoms with Gasteiger partial charge in [-0.05, 0) is 32.0 Å². The quantitative estimate of drug-likeness (QED) is 0.590. The third kappa shape index (κ3) is 5.08. The summed E-state index contributed by atoms with van der Waals surface area (Å²) in [6.45, 7) is 4.22. The lowest BCUT2D eigenvalue weighted by atomic mass is 10.2. The molecule has 0 bridgehead atoms. The molecule has 1 aliphatic rings. The predicted molar refractivity (Wildman–Crippen MR) is 120 cm³/mol. The molecule has 3 heterocycles. The van der Waals surface area contributed by atoms with Crippen molar-refractivity contribution in [3.63, 3.8) is 0 Å². The summed E-state index contributed by atoms with van der Waals surface area (Å²) in [5.41, 5.74) is 0.221. The predicted octanol–water partition coefficient (Wildman–Crippen LogP) is 3.25. The highest BCUT2D eigenvalue weighted by Crippen LogP contribution is 2.32. The van der Waals surface area contributed by atoms with Crippen LogP contribution in [-0.4, -0.2) is 57.8 Å². The fourth-order valence-electron chi connectivity index (χ4n) is 3.26. The van der Waals surface area contributed by atoms with E-state index in [-0.39, 0.29) is 35.5 Å². The van der Waals surface area contributed by atoms with Crippen LogP contribution in [0.25, 0.3) is 0 Å². The zero-order chi connectivity index (χ0) is 24.4. The van der Waals surface area contributed by atoms with Gasteiger partial charge in [-0.2, -0.15) is 10.1 Å². The fourth-order valence-corrected chi connectivity index (χ4v) is 3.26. The van der Waals surface area contributed by atoms with Crippen LogP contribution in [0, 0.1) is 5.82 Å². The van der Waals surface area contributed by atoms with Crippen LogP contribution in [0.2, 0.25) is 0 Å². The molecule has 10 nitrogen and oxygen atoms in total. The molecule has 34 heavy (non-hydrogen) atoms.